The van der Waals surface area contributed by atoms with E-state index in [1.165, 1.54) is 30.8 Å². The van der Waals surface area contributed by atoms with Gasteiger partial charge < -0.3 is 4.74 Å². The summed E-state index contributed by atoms with van der Waals surface area (Å²) < 4.78 is 62.9. The Kier molecular flexibility index (Phi) is 6.04. The average molecular weight is 509 g/mol. The molecule has 9 heteroatoms. The molecule has 0 fully saturated rings. The zero-order valence-electron chi connectivity index (χ0n) is 18.4. The summed E-state index contributed by atoms with van der Waals surface area (Å²) in [5.74, 6) is -1.04. The Labute approximate surface area is 204 Å². The van der Waals surface area contributed by atoms with E-state index in [1.807, 2.05) is 0 Å². The molecule has 3 aromatic carbocycles. The number of benzene rings is 3. The fourth-order valence-electron chi connectivity index (χ4n) is 3.94. The number of ether oxygens (including phenoxy) is 1. The molecule has 0 saturated carbocycles. The summed E-state index contributed by atoms with van der Waals surface area (Å²) in [6, 6.07) is 16.9. The Hall–Kier alpha value is -3.69. The molecule has 0 spiro atoms. The molecule has 2 aromatic heterocycles. The summed E-state index contributed by atoms with van der Waals surface area (Å²) in [7, 11) is -2.07. The fraction of sp³-hybridized carbons (Fsp3) is 0.0769. The molecule has 35 heavy (non-hydrogen) atoms. The topological polar surface area (TPSA) is 69.2 Å². The van der Waals surface area contributed by atoms with Crippen molar-refractivity contribution in [2.75, 3.05) is 7.11 Å². The van der Waals surface area contributed by atoms with Gasteiger partial charge in [-0.25, -0.2) is 17.2 Å². The lowest BCUT2D eigenvalue weighted by Crippen LogP contribution is -2.05. The first kappa shape index (κ1) is 23.1. The van der Waals surface area contributed by atoms with Crippen molar-refractivity contribution in [2.45, 2.75) is 10.6 Å². The Morgan fingerprint density at radius 2 is 1.71 bits per heavy atom. The van der Waals surface area contributed by atoms with Gasteiger partial charge in [-0.3, -0.25) is 4.98 Å². The highest BCUT2D eigenvalue weighted by atomic mass is 32.2. The van der Waals surface area contributed by atoms with E-state index in [9.17, 15) is 17.2 Å². The molecule has 2 heterocycles. The van der Waals surface area contributed by atoms with Crippen molar-refractivity contribution < 1.29 is 21.9 Å². The number of halogens is 2. The van der Waals surface area contributed by atoms with Crippen LogP contribution in [-0.4, -0.2) is 24.9 Å². The molecular weight excluding hydrogens is 490 g/mol. The number of rotatable bonds is 6. The maximum absolute atomic E-state index is 13.7. The Morgan fingerprint density at radius 3 is 2.43 bits per heavy atom. The van der Waals surface area contributed by atoms with Crippen LogP contribution in [0.4, 0.5) is 8.78 Å². The summed E-state index contributed by atoms with van der Waals surface area (Å²) in [4.78, 5) is 4.71. The van der Waals surface area contributed by atoms with Crippen molar-refractivity contribution in [3.05, 3.63) is 95.6 Å². The van der Waals surface area contributed by atoms with Gasteiger partial charge in [-0.15, -0.1) is 0 Å². The van der Waals surface area contributed by atoms with E-state index in [0.717, 1.165) is 11.5 Å². The normalized spacial score (nSPS) is 11.6. The summed E-state index contributed by atoms with van der Waals surface area (Å²) in [5.41, 5.74) is 2.73. The van der Waals surface area contributed by atoms with Crippen molar-refractivity contribution >= 4 is 32.1 Å². The van der Waals surface area contributed by atoms with Crippen LogP contribution >= 0.6 is 11.5 Å². The predicted molar refractivity (Wildman–Crippen MR) is 132 cm³/mol. The zero-order chi connectivity index (χ0) is 24.6. The van der Waals surface area contributed by atoms with Crippen LogP contribution in [0.2, 0.25) is 0 Å². The van der Waals surface area contributed by atoms with E-state index in [2.05, 4.69) is 9.36 Å². The molecule has 0 bridgehead atoms. The second-order valence-corrected chi connectivity index (χ2v) is 10.5. The number of nitrogens with zero attached hydrogens (tertiary/aromatic N) is 2. The molecule has 0 aliphatic carbocycles. The molecule has 0 amide bonds. The molecule has 176 valence electrons. The van der Waals surface area contributed by atoms with E-state index in [1.54, 1.807) is 60.1 Å². The Balaban J connectivity index is 1.57. The van der Waals surface area contributed by atoms with Gasteiger partial charge in [0, 0.05) is 28.6 Å². The van der Waals surface area contributed by atoms with Crippen molar-refractivity contribution in [2.24, 2.45) is 0 Å². The molecule has 0 saturated heterocycles. The molecular formula is C26H18F2N2O3S2. The molecule has 0 N–H and O–H groups in total. The highest BCUT2D eigenvalue weighted by molar-refractivity contribution is 7.90. The third-order valence-electron chi connectivity index (χ3n) is 5.58. The summed E-state index contributed by atoms with van der Waals surface area (Å²) in [5, 5.41) is 3.18. The van der Waals surface area contributed by atoms with Crippen molar-refractivity contribution in [3.63, 3.8) is 0 Å². The summed E-state index contributed by atoms with van der Waals surface area (Å²) >= 11 is 1.21. The van der Waals surface area contributed by atoms with Crippen molar-refractivity contribution in [1.82, 2.24) is 9.36 Å². The largest absolute Gasteiger partial charge is 0.496 e. The van der Waals surface area contributed by atoms with Gasteiger partial charge in [-0.1, -0.05) is 12.1 Å². The smallest absolute Gasteiger partial charge is 0.184 e. The highest BCUT2D eigenvalue weighted by Gasteiger charge is 2.19. The van der Waals surface area contributed by atoms with Gasteiger partial charge in [-0.05, 0) is 76.6 Å². The third kappa shape index (κ3) is 4.65. The number of hydrogen-bond acceptors (Lipinski definition) is 6. The first-order valence-corrected chi connectivity index (χ1v) is 13.0. The van der Waals surface area contributed by atoms with Crippen LogP contribution in [0, 0.1) is 11.6 Å². The molecule has 5 nitrogen and oxygen atoms in total. The van der Waals surface area contributed by atoms with Gasteiger partial charge in [0.25, 0.3) is 0 Å². The van der Waals surface area contributed by atoms with Gasteiger partial charge in [-0.2, -0.15) is 4.37 Å². The zero-order valence-corrected chi connectivity index (χ0v) is 20.0. The van der Waals surface area contributed by atoms with Crippen LogP contribution in [0.1, 0.15) is 5.69 Å². The number of sulfone groups is 1. The lowest BCUT2D eigenvalue weighted by atomic mass is 9.99. The van der Waals surface area contributed by atoms with Crippen LogP contribution < -0.4 is 4.74 Å². The first-order chi connectivity index (χ1) is 16.8. The number of pyridine rings is 1. The molecule has 0 radical (unpaired) electrons. The molecule has 0 aliphatic rings. The average Bonchev–Trinajstić information content (AvgIpc) is 3.34. The van der Waals surface area contributed by atoms with E-state index in [-0.39, 0.29) is 10.6 Å². The predicted octanol–water partition coefficient (Wildman–Crippen LogP) is 6.29. The highest BCUT2D eigenvalue weighted by Crippen LogP contribution is 2.37. The minimum Gasteiger partial charge on any atom is -0.496 e. The van der Waals surface area contributed by atoms with Gasteiger partial charge in [0.1, 0.15) is 17.4 Å². The van der Waals surface area contributed by atoms with Gasteiger partial charge in [0.15, 0.2) is 9.84 Å². The molecule has 0 unspecified atom stereocenters. The number of methoxy groups -OCH3 is 1. The monoisotopic (exact) mass is 508 g/mol. The number of hydrogen-bond donors (Lipinski definition) is 0. The Morgan fingerprint density at radius 1 is 0.914 bits per heavy atom. The van der Waals surface area contributed by atoms with E-state index >= 15 is 0 Å². The Bertz CT molecular complexity index is 1630. The van der Waals surface area contributed by atoms with E-state index < -0.39 is 21.5 Å². The third-order valence-corrected chi connectivity index (χ3v) is 7.82. The first-order valence-electron chi connectivity index (χ1n) is 10.5. The standard InChI is InChI=1S/C26H18F2N2O3S2/c1-33-25-13-16(18-10-19(27)14-20(28)11-18)2-4-24(25)26-23-5-3-22(12-17(23)6-8-29-26)35(31,32)15-21-7-9-34-30-21/h2-14H,15H2,1H3. The van der Waals surface area contributed by atoms with Crippen LogP contribution in [0.3, 0.4) is 0 Å². The maximum Gasteiger partial charge on any atom is 0.184 e. The minimum atomic E-state index is -3.57. The van der Waals surface area contributed by atoms with Crippen LogP contribution in [0.5, 0.6) is 5.75 Å². The quantitative estimate of drug-likeness (QED) is 0.270. The minimum absolute atomic E-state index is 0.171. The second-order valence-electron chi connectivity index (χ2n) is 7.87. The van der Waals surface area contributed by atoms with Crippen LogP contribution in [0.25, 0.3) is 33.2 Å². The van der Waals surface area contributed by atoms with Gasteiger partial charge in [0.05, 0.1) is 29.1 Å². The van der Waals surface area contributed by atoms with Crippen molar-refractivity contribution in [1.29, 1.82) is 0 Å². The lowest BCUT2D eigenvalue weighted by molar-refractivity contribution is 0.416. The maximum atomic E-state index is 13.7. The number of aromatic nitrogens is 2. The van der Waals surface area contributed by atoms with Gasteiger partial charge >= 0.3 is 0 Å². The van der Waals surface area contributed by atoms with E-state index in [4.69, 9.17) is 4.74 Å². The van der Waals surface area contributed by atoms with Crippen LogP contribution in [0.15, 0.2) is 83.2 Å². The molecule has 0 atom stereocenters. The fourth-order valence-corrected chi connectivity index (χ4v) is 5.86. The van der Waals surface area contributed by atoms with Gasteiger partial charge in [0.2, 0.25) is 0 Å². The SMILES string of the molecule is COc1cc(-c2cc(F)cc(F)c2)ccc1-c1nccc2cc(S(=O)(=O)Cc3ccsn3)ccc12. The number of fused-ring (bicyclic) bond motifs is 1. The lowest BCUT2D eigenvalue weighted by Gasteiger charge is -2.13. The molecule has 5 aromatic rings. The van der Waals surface area contributed by atoms with Crippen molar-refractivity contribution in [3.8, 4) is 28.1 Å². The molecule has 0 aliphatic heterocycles. The summed E-state index contributed by atoms with van der Waals surface area (Å²) in [6.45, 7) is 0. The summed E-state index contributed by atoms with van der Waals surface area (Å²) in [6.07, 6.45) is 1.60. The van der Waals surface area contributed by atoms with E-state index in [0.29, 0.717) is 39.2 Å². The molecule has 5 rings (SSSR count). The second kappa shape index (κ2) is 9.16. The van der Waals surface area contributed by atoms with Crippen LogP contribution in [-0.2, 0) is 15.6 Å².